The number of nitrogens with zero attached hydrogens (tertiary/aromatic N) is 1. The Balaban J connectivity index is 2.03. The summed E-state index contributed by atoms with van der Waals surface area (Å²) in [7, 11) is 1.51. The van der Waals surface area contributed by atoms with Crippen molar-refractivity contribution >= 4 is 22.5 Å². The van der Waals surface area contributed by atoms with Crippen LogP contribution in [0.4, 0.5) is 0 Å². The van der Waals surface area contributed by atoms with Gasteiger partial charge in [0, 0.05) is 32.8 Å². The third-order valence-corrected chi connectivity index (χ3v) is 3.87. The van der Waals surface area contributed by atoms with Crippen LogP contribution >= 0.6 is 22.5 Å². The normalized spacial score (nSPS) is 21.2. The summed E-state index contributed by atoms with van der Waals surface area (Å²) < 4.78 is 11.4. The van der Waals surface area contributed by atoms with Gasteiger partial charge in [0.15, 0.2) is 0 Å². The van der Waals surface area contributed by atoms with Crippen molar-refractivity contribution in [1.82, 2.24) is 10.2 Å². The molecule has 1 rings (SSSR count). The molecule has 0 aromatic carbocycles. The molecule has 0 unspecified atom stereocenters. The molecule has 1 aliphatic heterocycles. The SMILES string of the molecule is CC(C)CCOCCN1CCO[C@H](CNCSS)C1. The molecule has 0 aromatic rings. The minimum absolute atomic E-state index is 0.296. The second-order valence-electron chi connectivity index (χ2n) is 5.32. The van der Waals surface area contributed by atoms with Crippen molar-refractivity contribution in [3.05, 3.63) is 0 Å². The largest absolute Gasteiger partial charge is 0.380 e. The maximum Gasteiger partial charge on any atom is 0.0827 e. The molecule has 0 aromatic heterocycles. The van der Waals surface area contributed by atoms with Gasteiger partial charge in [-0.2, -0.15) is 0 Å². The van der Waals surface area contributed by atoms with Crippen molar-refractivity contribution in [2.45, 2.75) is 26.4 Å². The summed E-state index contributed by atoms with van der Waals surface area (Å²) in [6, 6.07) is 0. The summed E-state index contributed by atoms with van der Waals surface area (Å²) in [5.74, 6) is 1.59. The average Bonchev–Trinajstić information content (AvgIpc) is 2.39. The highest BCUT2D eigenvalue weighted by Gasteiger charge is 2.19. The molecular weight excluding hydrogens is 280 g/mol. The molecule has 0 aliphatic carbocycles. The van der Waals surface area contributed by atoms with Crippen molar-refractivity contribution in [1.29, 1.82) is 0 Å². The smallest absolute Gasteiger partial charge is 0.0827 e. The first kappa shape index (κ1) is 17.6. The first-order valence-corrected chi connectivity index (χ1v) is 9.15. The van der Waals surface area contributed by atoms with E-state index in [1.807, 2.05) is 0 Å². The molecule has 0 saturated carbocycles. The van der Waals surface area contributed by atoms with Crippen LogP contribution in [-0.4, -0.2) is 62.9 Å². The van der Waals surface area contributed by atoms with Gasteiger partial charge in [0.25, 0.3) is 0 Å². The van der Waals surface area contributed by atoms with Crippen LogP contribution < -0.4 is 5.32 Å². The van der Waals surface area contributed by atoms with Crippen LogP contribution in [-0.2, 0) is 9.47 Å². The van der Waals surface area contributed by atoms with Gasteiger partial charge in [0.05, 0.1) is 25.2 Å². The highest BCUT2D eigenvalue weighted by Crippen LogP contribution is 2.06. The van der Waals surface area contributed by atoms with Gasteiger partial charge in [-0.3, -0.25) is 4.90 Å². The molecule has 0 bridgehead atoms. The first-order valence-electron chi connectivity index (χ1n) is 7.11. The minimum atomic E-state index is 0.296. The van der Waals surface area contributed by atoms with Gasteiger partial charge in [0.1, 0.15) is 0 Å². The third kappa shape index (κ3) is 9.15. The minimum Gasteiger partial charge on any atom is -0.380 e. The quantitative estimate of drug-likeness (QED) is 0.279. The van der Waals surface area contributed by atoms with E-state index >= 15 is 0 Å². The summed E-state index contributed by atoms with van der Waals surface area (Å²) in [6.07, 6.45) is 1.45. The Kier molecular flexibility index (Phi) is 10.4. The second-order valence-corrected chi connectivity index (χ2v) is 6.64. The molecule has 1 fully saturated rings. The summed E-state index contributed by atoms with van der Waals surface area (Å²) in [4.78, 5) is 2.43. The van der Waals surface area contributed by atoms with E-state index in [9.17, 15) is 0 Å². The first-order chi connectivity index (χ1) is 9.22. The van der Waals surface area contributed by atoms with Gasteiger partial charge in [-0.05, 0) is 12.3 Å². The fraction of sp³-hybridized carbons (Fsp3) is 1.00. The lowest BCUT2D eigenvalue weighted by atomic mass is 10.1. The lowest BCUT2D eigenvalue weighted by Crippen LogP contribution is -2.47. The Labute approximate surface area is 126 Å². The van der Waals surface area contributed by atoms with Crippen LogP contribution in [0, 0.1) is 5.92 Å². The summed E-state index contributed by atoms with van der Waals surface area (Å²) >= 11 is 4.10. The van der Waals surface area contributed by atoms with Crippen molar-refractivity contribution < 1.29 is 9.47 Å². The van der Waals surface area contributed by atoms with E-state index in [4.69, 9.17) is 9.47 Å². The van der Waals surface area contributed by atoms with E-state index < -0.39 is 0 Å². The van der Waals surface area contributed by atoms with Gasteiger partial charge >= 0.3 is 0 Å². The predicted octanol–water partition coefficient (Wildman–Crippen LogP) is 1.88. The monoisotopic (exact) mass is 308 g/mol. The maximum atomic E-state index is 5.73. The highest BCUT2D eigenvalue weighted by atomic mass is 33.1. The molecule has 1 heterocycles. The van der Waals surface area contributed by atoms with E-state index in [0.29, 0.717) is 6.10 Å². The molecule has 0 radical (unpaired) electrons. The van der Waals surface area contributed by atoms with Crippen molar-refractivity contribution in [3.63, 3.8) is 0 Å². The highest BCUT2D eigenvalue weighted by molar-refractivity contribution is 8.68. The number of thiol groups is 1. The molecule has 1 N–H and O–H groups in total. The van der Waals surface area contributed by atoms with Crippen LogP contribution in [0.2, 0.25) is 0 Å². The summed E-state index contributed by atoms with van der Waals surface area (Å²) in [6.45, 7) is 10.9. The topological polar surface area (TPSA) is 33.7 Å². The molecule has 1 atom stereocenters. The molecule has 1 aliphatic rings. The van der Waals surface area contributed by atoms with E-state index in [1.165, 1.54) is 10.8 Å². The van der Waals surface area contributed by atoms with Crippen LogP contribution in [0.3, 0.4) is 0 Å². The number of hydrogen-bond donors (Lipinski definition) is 2. The molecule has 1 saturated heterocycles. The zero-order valence-electron chi connectivity index (χ0n) is 12.1. The van der Waals surface area contributed by atoms with Gasteiger partial charge in [-0.1, -0.05) is 24.6 Å². The summed E-state index contributed by atoms with van der Waals surface area (Å²) in [5.41, 5.74) is 0. The third-order valence-electron chi connectivity index (χ3n) is 3.15. The molecule has 19 heavy (non-hydrogen) atoms. The van der Waals surface area contributed by atoms with Crippen molar-refractivity contribution in [2.24, 2.45) is 5.92 Å². The van der Waals surface area contributed by atoms with E-state index in [2.05, 4.69) is 35.7 Å². The lowest BCUT2D eigenvalue weighted by molar-refractivity contribution is -0.0346. The Morgan fingerprint density at radius 3 is 3.05 bits per heavy atom. The van der Waals surface area contributed by atoms with Crippen LogP contribution in [0.1, 0.15) is 20.3 Å². The molecule has 0 spiro atoms. The van der Waals surface area contributed by atoms with Crippen LogP contribution in [0.5, 0.6) is 0 Å². The molecule has 114 valence electrons. The Morgan fingerprint density at radius 1 is 1.47 bits per heavy atom. The number of morpholine rings is 1. The Hall–Kier alpha value is 0.540. The summed E-state index contributed by atoms with van der Waals surface area (Å²) in [5, 5.41) is 3.32. The van der Waals surface area contributed by atoms with Crippen LogP contribution in [0.25, 0.3) is 0 Å². The second kappa shape index (κ2) is 11.2. The van der Waals surface area contributed by atoms with Gasteiger partial charge < -0.3 is 14.8 Å². The van der Waals surface area contributed by atoms with Gasteiger partial charge in [-0.15, -0.1) is 11.7 Å². The Bertz CT molecular complexity index is 221. The maximum absolute atomic E-state index is 5.73. The number of ether oxygens (including phenoxy) is 2. The number of rotatable bonds is 10. The predicted molar refractivity (Wildman–Crippen MR) is 85.9 cm³/mol. The van der Waals surface area contributed by atoms with Crippen molar-refractivity contribution in [2.75, 3.05) is 51.9 Å². The fourth-order valence-corrected chi connectivity index (χ4v) is 2.47. The molecule has 6 heteroatoms. The van der Waals surface area contributed by atoms with Crippen molar-refractivity contribution in [3.8, 4) is 0 Å². The molecule has 4 nitrogen and oxygen atoms in total. The molecular formula is C13H28N2O2S2. The lowest BCUT2D eigenvalue weighted by Gasteiger charge is -2.32. The zero-order chi connectivity index (χ0) is 13.9. The number of nitrogens with one attached hydrogen (secondary N) is 1. The zero-order valence-corrected chi connectivity index (χ0v) is 13.8. The van der Waals surface area contributed by atoms with E-state index in [0.717, 1.165) is 64.2 Å². The molecule has 0 amide bonds. The fourth-order valence-electron chi connectivity index (χ4n) is 1.99. The van der Waals surface area contributed by atoms with Gasteiger partial charge in [0.2, 0.25) is 0 Å². The van der Waals surface area contributed by atoms with E-state index in [-0.39, 0.29) is 0 Å². The Morgan fingerprint density at radius 2 is 2.32 bits per heavy atom. The standard InChI is InChI=1S/C13H28N2O2S2/c1-12(2)3-6-16-7-4-15-5-8-17-13(10-15)9-14-11-19-18/h12-14,18H,3-11H2,1-2H3/t13-/m1/s1. The average molecular weight is 309 g/mol. The number of hydrogen-bond acceptors (Lipinski definition) is 6. The van der Waals surface area contributed by atoms with E-state index in [1.54, 1.807) is 0 Å². The van der Waals surface area contributed by atoms with Crippen LogP contribution in [0.15, 0.2) is 0 Å². The van der Waals surface area contributed by atoms with Gasteiger partial charge in [-0.25, -0.2) is 0 Å².